The Balaban J connectivity index is 2.16. The largest absolute Gasteiger partial charge is 0.497 e. The molecule has 0 fully saturated rings. The maximum absolute atomic E-state index is 13.2. The minimum atomic E-state index is -0.775. The number of hydrogen-bond donors (Lipinski definition) is 1. The number of halogens is 2. The van der Waals surface area contributed by atoms with E-state index in [9.17, 15) is 13.6 Å². The molecule has 22 heavy (non-hydrogen) atoms. The fraction of sp³-hybridized carbons (Fsp3) is 0.235. The first-order chi connectivity index (χ1) is 10.5. The van der Waals surface area contributed by atoms with E-state index >= 15 is 0 Å². The summed E-state index contributed by atoms with van der Waals surface area (Å²) in [5.41, 5.74) is 0.859. The second-order valence-corrected chi connectivity index (χ2v) is 4.87. The lowest BCUT2D eigenvalue weighted by Gasteiger charge is -2.18. The van der Waals surface area contributed by atoms with Crippen molar-refractivity contribution in [3.63, 3.8) is 0 Å². The van der Waals surface area contributed by atoms with Gasteiger partial charge in [0.15, 0.2) is 0 Å². The van der Waals surface area contributed by atoms with Crippen molar-refractivity contribution < 1.29 is 18.3 Å². The molecule has 2 aromatic carbocycles. The molecular formula is C17H17F2NO2. The van der Waals surface area contributed by atoms with E-state index in [2.05, 4.69) is 5.32 Å². The minimum absolute atomic E-state index is 0.0375. The van der Waals surface area contributed by atoms with E-state index in [1.54, 1.807) is 19.2 Å². The highest BCUT2D eigenvalue weighted by molar-refractivity contribution is 5.94. The smallest absolute Gasteiger partial charge is 0.251 e. The Morgan fingerprint density at radius 1 is 1.14 bits per heavy atom. The number of amides is 1. The maximum Gasteiger partial charge on any atom is 0.251 e. The third-order valence-electron chi connectivity index (χ3n) is 3.36. The van der Waals surface area contributed by atoms with Crippen molar-refractivity contribution in [2.45, 2.75) is 19.4 Å². The molecule has 0 bridgehead atoms. The van der Waals surface area contributed by atoms with Gasteiger partial charge in [-0.05, 0) is 36.2 Å². The Hall–Kier alpha value is -2.43. The lowest BCUT2D eigenvalue weighted by Crippen LogP contribution is -2.28. The van der Waals surface area contributed by atoms with Crippen LogP contribution in [0.1, 0.15) is 35.3 Å². The summed E-state index contributed by atoms with van der Waals surface area (Å²) >= 11 is 0. The summed E-state index contributed by atoms with van der Waals surface area (Å²) in [4.78, 5) is 12.1. The van der Waals surface area contributed by atoms with Gasteiger partial charge in [-0.25, -0.2) is 8.78 Å². The van der Waals surface area contributed by atoms with Crippen molar-refractivity contribution in [1.82, 2.24) is 5.32 Å². The molecule has 5 heteroatoms. The predicted molar refractivity (Wildman–Crippen MR) is 79.9 cm³/mol. The van der Waals surface area contributed by atoms with Crippen molar-refractivity contribution >= 4 is 5.91 Å². The van der Waals surface area contributed by atoms with Gasteiger partial charge in [-0.15, -0.1) is 0 Å². The van der Waals surface area contributed by atoms with Gasteiger partial charge in [0.1, 0.15) is 17.4 Å². The molecule has 0 radical (unpaired) electrons. The average Bonchev–Trinajstić information content (AvgIpc) is 2.51. The lowest BCUT2D eigenvalue weighted by molar-refractivity contribution is 0.0934. The van der Waals surface area contributed by atoms with Crippen LogP contribution in [0.25, 0.3) is 0 Å². The fourth-order valence-electron chi connectivity index (χ4n) is 2.18. The number of carbonyl (C=O) groups excluding carboxylic acids is 1. The topological polar surface area (TPSA) is 38.3 Å². The molecular weight excluding hydrogens is 288 g/mol. The molecule has 0 aliphatic rings. The standard InChI is InChI=1S/C17H17F2NO2/c1-3-16(11-4-6-15(22-2)7-5-11)20-17(21)12-8-13(18)10-14(19)9-12/h4-10,16H,3H2,1-2H3,(H,20,21)/t16-/m0/s1. The summed E-state index contributed by atoms with van der Waals surface area (Å²) in [6.45, 7) is 1.92. The molecule has 116 valence electrons. The van der Waals surface area contributed by atoms with Crippen LogP contribution in [0.15, 0.2) is 42.5 Å². The van der Waals surface area contributed by atoms with E-state index in [1.165, 1.54) is 0 Å². The van der Waals surface area contributed by atoms with Gasteiger partial charge in [0.05, 0.1) is 13.2 Å². The fourth-order valence-corrected chi connectivity index (χ4v) is 2.18. The predicted octanol–water partition coefficient (Wildman–Crippen LogP) is 3.85. The number of nitrogens with one attached hydrogen (secondary N) is 1. The Morgan fingerprint density at radius 2 is 1.73 bits per heavy atom. The quantitative estimate of drug-likeness (QED) is 0.911. The van der Waals surface area contributed by atoms with Crippen molar-refractivity contribution in [3.8, 4) is 5.75 Å². The Morgan fingerprint density at radius 3 is 2.23 bits per heavy atom. The van der Waals surface area contributed by atoms with Gasteiger partial charge < -0.3 is 10.1 Å². The van der Waals surface area contributed by atoms with Crippen molar-refractivity contribution in [2.24, 2.45) is 0 Å². The zero-order valence-electron chi connectivity index (χ0n) is 12.4. The Kier molecular flexibility index (Phi) is 5.09. The summed E-state index contributed by atoms with van der Waals surface area (Å²) in [6.07, 6.45) is 0.649. The summed E-state index contributed by atoms with van der Waals surface area (Å²) < 4.78 is 31.4. The molecule has 0 saturated heterocycles. The summed E-state index contributed by atoms with van der Waals surface area (Å²) in [5, 5.41) is 2.78. The van der Waals surface area contributed by atoms with Crippen LogP contribution in [0.3, 0.4) is 0 Å². The van der Waals surface area contributed by atoms with Gasteiger partial charge in [0, 0.05) is 11.6 Å². The van der Waals surface area contributed by atoms with Crippen molar-refractivity contribution in [1.29, 1.82) is 0 Å². The lowest BCUT2D eigenvalue weighted by atomic mass is 10.0. The van der Waals surface area contributed by atoms with Crippen LogP contribution in [-0.4, -0.2) is 13.0 Å². The summed E-state index contributed by atoms with van der Waals surface area (Å²) in [5.74, 6) is -1.34. The third kappa shape index (κ3) is 3.81. The molecule has 1 N–H and O–H groups in total. The molecule has 0 spiro atoms. The Labute approximate surface area is 127 Å². The molecule has 0 heterocycles. The SMILES string of the molecule is CC[C@H](NC(=O)c1cc(F)cc(F)c1)c1ccc(OC)cc1. The molecule has 3 nitrogen and oxygen atoms in total. The van der Waals surface area contributed by atoms with Crippen molar-refractivity contribution in [2.75, 3.05) is 7.11 Å². The average molecular weight is 305 g/mol. The maximum atomic E-state index is 13.2. The van der Waals surface area contributed by atoms with E-state index in [0.717, 1.165) is 29.5 Å². The monoisotopic (exact) mass is 305 g/mol. The number of carbonyl (C=O) groups is 1. The molecule has 2 rings (SSSR count). The summed E-state index contributed by atoms with van der Waals surface area (Å²) in [7, 11) is 1.58. The van der Waals surface area contributed by atoms with E-state index in [1.807, 2.05) is 19.1 Å². The zero-order valence-corrected chi connectivity index (χ0v) is 12.4. The number of hydrogen-bond acceptors (Lipinski definition) is 2. The molecule has 1 atom stereocenters. The van der Waals surface area contributed by atoms with Crippen LogP contribution >= 0.6 is 0 Å². The van der Waals surface area contributed by atoms with E-state index < -0.39 is 17.5 Å². The first-order valence-corrected chi connectivity index (χ1v) is 6.94. The third-order valence-corrected chi connectivity index (χ3v) is 3.36. The number of methoxy groups -OCH3 is 1. The van der Waals surface area contributed by atoms with Gasteiger partial charge in [-0.1, -0.05) is 19.1 Å². The highest BCUT2D eigenvalue weighted by atomic mass is 19.1. The normalized spacial score (nSPS) is 11.8. The molecule has 0 unspecified atom stereocenters. The first-order valence-electron chi connectivity index (χ1n) is 6.94. The summed E-state index contributed by atoms with van der Waals surface area (Å²) in [6, 6.07) is 9.80. The van der Waals surface area contributed by atoms with Gasteiger partial charge in [0.25, 0.3) is 5.91 Å². The van der Waals surface area contributed by atoms with E-state index in [-0.39, 0.29) is 11.6 Å². The molecule has 0 aliphatic carbocycles. The highest BCUT2D eigenvalue weighted by Gasteiger charge is 2.15. The van der Waals surface area contributed by atoms with Crippen LogP contribution in [0.5, 0.6) is 5.75 Å². The van der Waals surface area contributed by atoms with Gasteiger partial charge in [0.2, 0.25) is 0 Å². The number of rotatable bonds is 5. The number of ether oxygens (including phenoxy) is 1. The molecule has 1 amide bonds. The van der Waals surface area contributed by atoms with Crippen LogP contribution in [0.2, 0.25) is 0 Å². The van der Waals surface area contributed by atoms with E-state index in [4.69, 9.17) is 4.74 Å². The second-order valence-electron chi connectivity index (χ2n) is 4.87. The Bertz CT molecular complexity index is 636. The molecule has 0 aromatic heterocycles. The zero-order chi connectivity index (χ0) is 16.1. The molecule has 0 saturated carbocycles. The molecule has 2 aromatic rings. The van der Waals surface area contributed by atoms with Crippen LogP contribution in [0.4, 0.5) is 8.78 Å². The van der Waals surface area contributed by atoms with Crippen LogP contribution < -0.4 is 10.1 Å². The second kappa shape index (κ2) is 7.02. The van der Waals surface area contributed by atoms with Crippen LogP contribution in [-0.2, 0) is 0 Å². The van der Waals surface area contributed by atoms with E-state index in [0.29, 0.717) is 6.42 Å². The molecule has 0 aliphatic heterocycles. The van der Waals surface area contributed by atoms with Crippen molar-refractivity contribution in [3.05, 3.63) is 65.2 Å². The van der Waals surface area contributed by atoms with Gasteiger partial charge >= 0.3 is 0 Å². The highest BCUT2D eigenvalue weighted by Crippen LogP contribution is 2.21. The van der Waals surface area contributed by atoms with Gasteiger partial charge in [-0.2, -0.15) is 0 Å². The van der Waals surface area contributed by atoms with Crippen LogP contribution in [0, 0.1) is 11.6 Å². The number of benzene rings is 2. The van der Waals surface area contributed by atoms with Gasteiger partial charge in [-0.3, -0.25) is 4.79 Å². The first kappa shape index (κ1) is 15.9. The minimum Gasteiger partial charge on any atom is -0.497 e.